The van der Waals surface area contributed by atoms with Gasteiger partial charge in [0.05, 0.1) is 8.07 Å². The zero-order valence-electron chi connectivity index (χ0n) is 17.6. The third-order valence-electron chi connectivity index (χ3n) is 4.51. The summed E-state index contributed by atoms with van der Waals surface area (Å²) in [6.07, 6.45) is 0.718. The largest absolute Gasteiger partial charge is 0.461 e. The summed E-state index contributed by atoms with van der Waals surface area (Å²) in [5.41, 5.74) is 4.22. The van der Waals surface area contributed by atoms with Crippen LogP contribution in [0.3, 0.4) is 0 Å². The molecule has 1 fully saturated rings. The van der Waals surface area contributed by atoms with E-state index in [-0.39, 0.29) is 36.7 Å². The van der Waals surface area contributed by atoms with Crippen molar-refractivity contribution in [3.63, 3.8) is 0 Å². The number of esters is 2. The summed E-state index contributed by atoms with van der Waals surface area (Å²) in [7, 11) is -1.49. The highest BCUT2D eigenvalue weighted by Crippen LogP contribution is 2.43. The Kier molecular flexibility index (Phi) is 6.39. The highest BCUT2D eigenvalue weighted by molar-refractivity contribution is 6.81. The lowest BCUT2D eigenvalue weighted by Crippen LogP contribution is -2.46. The number of hydrogen-bond acceptors (Lipinski definition) is 6. The fourth-order valence-electron chi connectivity index (χ4n) is 3.85. The van der Waals surface area contributed by atoms with E-state index in [9.17, 15) is 9.59 Å². The Hall–Kier alpha value is -1.44. The van der Waals surface area contributed by atoms with Gasteiger partial charge >= 0.3 is 11.9 Å². The van der Waals surface area contributed by atoms with Crippen LogP contribution in [0.1, 0.15) is 34.6 Å². The number of carbonyl (C=O) groups excluding carboxylic acids is 2. The fraction of sp³-hybridized carbons (Fsp3) is 0.700. The number of ether oxygens (including phenoxy) is 4. The third kappa shape index (κ3) is 5.76. The molecule has 0 unspecified atom stereocenters. The summed E-state index contributed by atoms with van der Waals surface area (Å²) in [6, 6.07) is 0. The Morgan fingerprint density at radius 2 is 1.78 bits per heavy atom. The molecule has 0 amide bonds. The molecule has 0 spiro atoms. The van der Waals surface area contributed by atoms with Gasteiger partial charge in [0.15, 0.2) is 5.79 Å². The predicted octanol–water partition coefficient (Wildman–Crippen LogP) is 3.38. The van der Waals surface area contributed by atoms with Gasteiger partial charge < -0.3 is 18.9 Å². The standard InChI is InChI=1S/C20H32O6Si/c1-12(11-27(6,7)8)17-16(24-14(3)22)9-15(10-23-13(2)21)18-19(17)26-20(4,5)25-18/h9,11,16-19H,10H2,1-8H3/b12-11+/t16-,17-,18-,19+/m0/s1. The Labute approximate surface area is 162 Å². The molecular formula is C20H32O6Si. The van der Waals surface area contributed by atoms with Gasteiger partial charge in [0.2, 0.25) is 0 Å². The van der Waals surface area contributed by atoms with Crippen LogP contribution in [0.2, 0.25) is 19.6 Å². The summed E-state index contributed by atoms with van der Waals surface area (Å²) in [6.45, 7) is 15.4. The van der Waals surface area contributed by atoms with Gasteiger partial charge in [0.25, 0.3) is 0 Å². The number of carbonyl (C=O) groups is 2. The molecule has 4 atom stereocenters. The SMILES string of the molecule is CC(=O)OCC1=C[C@H](OC(C)=O)[C@H](/C(C)=C/[Si](C)(C)C)[C@H]2OC(C)(C)O[C@@H]12. The second kappa shape index (κ2) is 7.89. The first-order valence-electron chi connectivity index (χ1n) is 9.35. The van der Waals surface area contributed by atoms with Gasteiger partial charge in [-0.3, -0.25) is 9.59 Å². The third-order valence-corrected chi connectivity index (χ3v) is 5.83. The van der Waals surface area contributed by atoms with Gasteiger partial charge in [0.1, 0.15) is 24.9 Å². The molecule has 1 saturated heterocycles. The minimum atomic E-state index is -1.49. The molecule has 2 aliphatic rings. The number of rotatable bonds is 5. The van der Waals surface area contributed by atoms with E-state index in [0.29, 0.717) is 0 Å². The summed E-state index contributed by atoms with van der Waals surface area (Å²) in [5, 5.41) is 0. The zero-order valence-corrected chi connectivity index (χ0v) is 18.6. The van der Waals surface area contributed by atoms with Crippen LogP contribution in [-0.4, -0.2) is 50.7 Å². The topological polar surface area (TPSA) is 71.1 Å². The first kappa shape index (κ1) is 21.9. The molecule has 0 radical (unpaired) electrons. The molecular weight excluding hydrogens is 364 g/mol. The average molecular weight is 397 g/mol. The normalized spacial score (nSPS) is 30.4. The van der Waals surface area contributed by atoms with E-state index in [4.69, 9.17) is 18.9 Å². The predicted molar refractivity (Wildman–Crippen MR) is 105 cm³/mol. The lowest BCUT2D eigenvalue weighted by Gasteiger charge is -2.37. The maximum absolute atomic E-state index is 11.7. The molecule has 152 valence electrons. The Morgan fingerprint density at radius 3 is 2.30 bits per heavy atom. The summed E-state index contributed by atoms with van der Waals surface area (Å²) in [4.78, 5) is 23.0. The highest BCUT2D eigenvalue weighted by Gasteiger charge is 2.52. The average Bonchev–Trinajstić information content (AvgIpc) is 2.76. The Balaban J connectivity index is 2.47. The molecule has 2 rings (SSSR count). The molecule has 0 aromatic rings. The molecule has 27 heavy (non-hydrogen) atoms. The molecule has 1 aliphatic heterocycles. The van der Waals surface area contributed by atoms with E-state index in [1.807, 2.05) is 19.9 Å². The number of fused-ring (bicyclic) bond motifs is 1. The van der Waals surface area contributed by atoms with Crippen LogP contribution in [0.25, 0.3) is 0 Å². The quantitative estimate of drug-likeness (QED) is 0.403. The molecule has 7 heteroatoms. The monoisotopic (exact) mass is 396 g/mol. The van der Waals surface area contributed by atoms with Crippen LogP contribution >= 0.6 is 0 Å². The van der Waals surface area contributed by atoms with Gasteiger partial charge in [-0.25, -0.2) is 0 Å². The van der Waals surface area contributed by atoms with Crippen molar-refractivity contribution in [2.45, 2.75) is 78.4 Å². The lowest BCUT2D eigenvalue weighted by atomic mass is 9.79. The second-order valence-electron chi connectivity index (χ2n) is 8.90. The van der Waals surface area contributed by atoms with E-state index in [1.165, 1.54) is 13.8 Å². The molecule has 0 N–H and O–H groups in total. The molecule has 0 aromatic carbocycles. The van der Waals surface area contributed by atoms with Gasteiger partial charge in [-0.2, -0.15) is 0 Å². The number of hydrogen-bond donors (Lipinski definition) is 0. The van der Waals surface area contributed by atoms with E-state index in [1.54, 1.807) is 0 Å². The fourth-order valence-corrected chi connectivity index (χ4v) is 5.40. The van der Waals surface area contributed by atoms with Crippen molar-refractivity contribution in [2.24, 2.45) is 5.92 Å². The zero-order chi connectivity index (χ0) is 20.6. The van der Waals surface area contributed by atoms with Crippen LogP contribution in [0.15, 0.2) is 22.9 Å². The van der Waals surface area contributed by atoms with E-state index < -0.39 is 20.0 Å². The van der Waals surface area contributed by atoms with Crippen LogP contribution in [0.5, 0.6) is 0 Å². The molecule has 6 nitrogen and oxygen atoms in total. The molecule has 0 saturated carbocycles. The van der Waals surface area contributed by atoms with E-state index in [2.05, 4.69) is 32.3 Å². The summed E-state index contributed by atoms with van der Waals surface area (Å²) < 4.78 is 23.2. The minimum absolute atomic E-state index is 0.0945. The van der Waals surface area contributed by atoms with Crippen molar-refractivity contribution >= 4 is 20.0 Å². The maximum atomic E-state index is 11.7. The van der Waals surface area contributed by atoms with Crippen molar-refractivity contribution < 1.29 is 28.5 Å². The lowest BCUT2D eigenvalue weighted by molar-refractivity contribution is -0.155. The van der Waals surface area contributed by atoms with Gasteiger partial charge in [0, 0.05) is 19.8 Å². The van der Waals surface area contributed by atoms with Crippen LogP contribution in [-0.2, 0) is 28.5 Å². The van der Waals surface area contributed by atoms with Gasteiger partial charge in [-0.15, -0.1) is 0 Å². The van der Waals surface area contributed by atoms with Crippen LogP contribution < -0.4 is 0 Å². The highest BCUT2D eigenvalue weighted by atomic mass is 28.3. The van der Waals surface area contributed by atoms with Crippen LogP contribution in [0.4, 0.5) is 0 Å². The molecule has 0 bridgehead atoms. The summed E-state index contributed by atoms with van der Waals surface area (Å²) >= 11 is 0. The molecule has 0 aromatic heterocycles. The van der Waals surface area contributed by atoms with E-state index >= 15 is 0 Å². The van der Waals surface area contributed by atoms with Gasteiger partial charge in [-0.05, 0) is 32.4 Å². The first-order valence-corrected chi connectivity index (χ1v) is 12.9. The van der Waals surface area contributed by atoms with Crippen molar-refractivity contribution in [3.8, 4) is 0 Å². The molecule has 1 aliphatic carbocycles. The molecule has 1 heterocycles. The smallest absolute Gasteiger partial charge is 0.303 e. The van der Waals surface area contributed by atoms with Gasteiger partial charge in [-0.1, -0.05) is 30.9 Å². The maximum Gasteiger partial charge on any atom is 0.303 e. The first-order chi connectivity index (χ1) is 12.3. The van der Waals surface area contributed by atoms with E-state index in [0.717, 1.165) is 11.1 Å². The summed E-state index contributed by atoms with van der Waals surface area (Å²) in [5.74, 6) is -1.64. The van der Waals surface area contributed by atoms with Crippen molar-refractivity contribution in [3.05, 3.63) is 22.9 Å². The van der Waals surface area contributed by atoms with Crippen LogP contribution in [0, 0.1) is 5.92 Å². The van der Waals surface area contributed by atoms with Crippen molar-refractivity contribution in [1.29, 1.82) is 0 Å². The Bertz CT molecular complexity index is 658. The minimum Gasteiger partial charge on any atom is -0.461 e. The van der Waals surface area contributed by atoms with Crippen molar-refractivity contribution in [1.82, 2.24) is 0 Å². The van der Waals surface area contributed by atoms with Crippen molar-refractivity contribution in [2.75, 3.05) is 6.61 Å². The second-order valence-corrected chi connectivity index (χ2v) is 13.9. The Morgan fingerprint density at radius 1 is 1.15 bits per heavy atom.